The Morgan fingerprint density at radius 3 is 3.08 bits per heavy atom. The largest absolute Gasteiger partial charge is 0.358 e. The number of likely N-dealkylation sites (tertiary alicyclic amines) is 1. The SMILES string of the molecule is Cc1cc2ncc(CN3CCCC(c4cc5ccccc5[nH]4)C3)cn2n1. The van der Waals surface area contributed by atoms with Gasteiger partial charge in [-0.3, -0.25) is 4.90 Å². The first kappa shape index (κ1) is 15.6. The van der Waals surface area contributed by atoms with E-state index in [1.54, 1.807) is 0 Å². The van der Waals surface area contributed by atoms with Gasteiger partial charge >= 0.3 is 0 Å². The first-order chi connectivity index (χ1) is 12.7. The highest BCUT2D eigenvalue weighted by molar-refractivity contribution is 5.80. The van der Waals surface area contributed by atoms with Crippen LogP contribution in [0.4, 0.5) is 0 Å². The number of piperidine rings is 1. The van der Waals surface area contributed by atoms with Gasteiger partial charge in [-0.15, -0.1) is 0 Å². The van der Waals surface area contributed by atoms with Crippen molar-refractivity contribution in [2.24, 2.45) is 0 Å². The molecule has 0 bridgehead atoms. The topological polar surface area (TPSA) is 49.2 Å². The van der Waals surface area contributed by atoms with Gasteiger partial charge in [-0.1, -0.05) is 18.2 Å². The van der Waals surface area contributed by atoms with Crippen LogP contribution in [-0.2, 0) is 6.54 Å². The molecule has 5 heteroatoms. The van der Waals surface area contributed by atoms with E-state index in [9.17, 15) is 0 Å². The summed E-state index contributed by atoms with van der Waals surface area (Å²) in [6.07, 6.45) is 6.58. The number of aromatic nitrogens is 4. The minimum absolute atomic E-state index is 0.569. The van der Waals surface area contributed by atoms with Gasteiger partial charge in [0.15, 0.2) is 5.65 Å². The summed E-state index contributed by atoms with van der Waals surface area (Å²) in [5.41, 5.74) is 5.75. The molecule has 3 aromatic heterocycles. The van der Waals surface area contributed by atoms with Crippen molar-refractivity contribution in [3.8, 4) is 0 Å². The molecule has 4 heterocycles. The van der Waals surface area contributed by atoms with Crippen molar-refractivity contribution in [1.82, 2.24) is 24.5 Å². The highest BCUT2D eigenvalue weighted by Crippen LogP contribution is 2.29. The Bertz CT molecular complexity index is 1030. The monoisotopic (exact) mass is 345 g/mol. The second-order valence-electron chi connectivity index (χ2n) is 7.44. The number of hydrogen-bond acceptors (Lipinski definition) is 3. The first-order valence-corrected chi connectivity index (χ1v) is 9.35. The molecule has 132 valence electrons. The molecule has 0 aliphatic carbocycles. The van der Waals surface area contributed by atoms with Gasteiger partial charge in [-0.2, -0.15) is 5.10 Å². The zero-order valence-corrected chi connectivity index (χ0v) is 15.0. The lowest BCUT2D eigenvalue weighted by Crippen LogP contribution is -2.34. The third-order valence-corrected chi connectivity index (χ3v) is 5.39. The van der Waals surface area contributed by atoms with Crippen LogP contribution in [0.1, 0.15) is 35.7 Å². The van der Waals surface area contributed by atoms with Gasteiger partial charge in [0, 0.05) is 54.2 Å². The van der Waals surface area contributed by atoms with Crippen LogP contribution in [0.3, 0.4) is 0 Å². The molecule has 1 unspecified atom stereocenters. The summed E-state index contributed by atoms with van der Waals surface area (Å²) in [6.45, 7) is 5.17. The lowest BCUT2D eigenvalue weighted by Gasteiger charge is -2.32. The van der Waals surface area contributed by atoms with E-state index in [1.807, 2.05) is 23.7 Å². The minimum Gasteiger partial charge on any atom is -0.358 e. The van der Waals surface area contributed by atoms with E-state index in [-0.39, 0.29) is 0 Å². The maximum atomic E-state index is 4.54. The molecule has 1 N–H and O–H groups in total. The predicted octanol–water partition coefficient (Wildman–Crippen LogP) is 3.90. The number of hydrogen-bond donors (Lipinski definition) is 1. The van der Waals surface area contributed by atoms with E-state index >= 15 is 0 Å². The Kier molecular flexibility index (Phi) is 3.75. The van der Waals surface area contributed by atoms with Gasteiger partial charge in [0.2, 0.25) is 0 Å². The number of aryl methyl sites for hydroxylation is 1. The molecule has 5 rings (SSSR count). The molecule has 0 amide bonds. The molecule has 0 spiro atoms. The molecule has 1 fully saturated rings. The fourth-order valence-electron chi connectivity index (χ4n) is 4.14. The Morgan fingerprint density at radius 2 is 2.15 bits per heavy atom. The molecule has 1 aromatic carbocycles. The fraction of sp³-hybridized carbons (Fsp3) is 0.333. The zero-order valence-electron chi connectivity index (χ0n) is 15.0. The highest BCUT2D eigenvalue weighted by Gasteiger charge is 2.23. The molecule has 1 aliphatic rings. The zero-order chi connectivity index (χ0) is 17.5. The number of H-pyrrole nitrogens is 1. The van der Waals surface area contributed by atoms with Crippen molar-refractivity contribution < 1.29 is 0 Å². The Balaban J connectivity index is 1.34. The number of nitrogens with zero attached hydrogens (tertiary/aromatic N) is 4. The van der Waals surface area contributed by atoms with Crippen LogP contribution in [0.25, 0.3) is 16.6 Å². The van der Waals surface area contributed by atoms with E-state index in [2.05, 4.69) is 56.5 Å². The number of para-hydroxylation sites is 1. The molecular weight excluding hydrogens is 322 g/mol. The van der Waals surface area contributed by atoms with Crippen molar-refractivity contribution >= 4 is 16.6 Å². The fourth-order valence-corrected chi connectivity index (χ4v) is 4.14. The number of aromatic amines is 1. The summed E-state index contributed by atoms with van der Waals surface area (Å²) in [6, 6.07) is 12.9. The summed E-state index contributed by atoms with van der Waals surface area (Å²) in [4.78, 5) is 10.7. The third-order valence-electron chi connectivity index (χ3n) is 5.39. The molecule has 1 atom stereocenters. The van der Waals surface area contributed by atoms with Gasteiger partial charge in [-0.05, 0) is 43.8 Å². The number of fused-ring (bicyclic) bond motifs is 2. The summed E-state index contributed by atoms with van der Waals surface area (Å²) in [7, 11) is 0. The molecule has 0 radical (unpaired) electrons. The maximum Gasteiger partial charge on any atom is 0.155 e. The molecule has 5 nitrogen and oxygen atoms in total. The smallest absolute Gasteiger partial charge is 0.155 e. The normalized spacial score (nSPS) is 18.7. The molecule has 0 saturated carbocycles. The van der Waals surface area contributed by atoms with Crippen LogP contribution in [0.5, 0.6) is 0 Å². The number of rotatable bonds is 3. The van der Waals surface area contributed by atoms with Gasteiger partial charge < -0.3 is 4.98 Å². The lowest BCUT2D eigenvalue weighted by molar-refractivity contribution is 0.198. The van der Waals surface area contributed by atoms with Crippen molar-refractivity contribution in [1.29, 1.82) is 0 Å². The predicted molar refractivity (Wildman–Crippen MR) is 103 cm³/mol. The summed E-state index contributed by atoms with van der Waals surface area (Å²) in [5.74, 6) is 0.569. The quantitative estimate of drug-likeness (QED) is 0.613. The van der Waals surface area contributed by atoms with E-state index in [4.69, 9.17) is 0 Å². The van der Waals surface area contributed by atoms with Crippen LogP contribution in [0.15, 0.2) is 48.8 Å². The van der Waals surface area contributed by atoms with Crippen molar-refractivity contribution in [3.63, 3.8) is 0 Å². The number of nitrogens with one attached hydrogen (secondary N) is 1. The van der Waals surface area contributed by atoms with Crippen LogP contribution in [0.2, 0.25) is 0 Å². The van der Waals surface area contributed by atoms with Crippen LogP contribution >= 0.6 is 0 Å². The van der Waals surface area contributed by atoms with Gasteiger partial charge in [0.25, 0.3) is 0 Å². The van der Waals surface area contributed by atoms with Crippen LogP contribution in [-0.4, -0.2) is 37.6 Å². The van der Waals surface area contributed by atoms with Gasteiger partial charge in [-0.25, -0.2) is 9.50 Å². The second kappa shape index (κ2) is 6.25. The minimum atomic E-state index is 0.569. The summed E-state index contributed by atoms with van der Waals surface area (Å²) < 4.78 is 1.89. The second-order valence-corrected chi connectivity index (χ2v) is 7.44. The van der Waals surface area contributed by atoms with E-state index in [0.29, 0.717) is 5.92 Å². The molecule has 1 saturated heterocycles. The maximum absolute atomic E-state index is 4.54. The summed E-state index contributed by atoms with van der Waals surface area (Å²) >= 11 is 0. The van der Waals surface area contributed by atoms with E-state index < -0.39 is 0 Å². The Morgan fingerprint density at radius 1 is 1.23 bits per heavy atom. The lowest BCUT2D eigenvalue weighted by atomic mass is 9.94. The van der Waals surface area contributed by atoms with Crippen LogP contribution in [0, 0.1) is 6.92 Å². The van der Waals surface area contributed by atoms with Crippen molar-refractivity contribution in [2.45, 2.75) is 32.2 Å². The van der Waals surface area contributed by atoms with E-state index in [0.717, 1.165) is 31.0 Å². The molecule has 1 aliphatic heterocycles. The highest BCUT2D eigenvalue weighted by atomic mass is 15.2. The number of benzene rings is 1. The van der Waals surface area contributed by atoms with Crippen molar-refractivity contribution in [3.05, 3.63) is 65.7 Å². The average Bonchev–Trinajstić information content (AvgIpc) is 3.24. The van der Waals surface area contributed by atoms with Crippen molar-refractivity contribution in [2.75, 3.05) is 13.1 Å². The third kappa shape index (κ3) is 2.88. The first-order valence-electron chi connectivity index (χ1n) is 9.35. The Labute approximate surface area is 152 Å². The van der Waals surface area contributed by atoms with E-state index in [1.165, 1.54) is 35.0 Å². The average molecular weight is 345 g/mol. The van der Waals surface area contributed by atoms with Gasteiger partial charge in [0.05, 0.1) is 5.69 Å². The summed E-state index contributed by atoms with van der Waals surface area (Å²) in [5, 5.41) is 5.79. The Hall–Kier alpha value is -2.66. The molecule has 4 aromatic rings. The molecular formula is C21H23N5. The van der Waals surface area contributed by atoms with Gasteiger partial charge in [0.1, 0.15) is 0 Å². The molecule has 26 heavy (non-hydrogen) atoms. The van der Waals surface area contributed by atoms with Crippen LogP contribution < -0.4 is 0 Å². The standard InChI is InChI=1S/C21H23N5/c1-15-9-21-22-11-16(13-26(21)24-15)12-25-8-4-6-18(14-25)20-10-17-5-2-3-7-19(17)23-20/h2-3,5,7,9-11,13,18,23H,4,6,8,12,14H2,1H3.